The molecule has 6 nitrogen and oxygen atoms in total. The van der Waals surface area contributed by atoms with Gasteiger partial charge in [0.25, 0.3) is 0 Å². The van der Waals surface area contributed by atoms with Gasteiger partial charge in [0, 0.05) is 25.0 Å². The minimum atomic E-state index is -0.707. The topological polar surface area (TPSA) is 84.3 Å². The molecule has 0 aliphatic heterocycles. The van der Waals surface area contributed by atoms with E-state index in [2.05, 4.69) is 15.3 Å². The number of anilines is 1. The fourth-order valence-corrected chi connectivity index (χ4v) is 2.03. The zero-order valence-corrected chi connectivity index (χ0v) is 13.5. The number of nitrogens with one attached hydrogen (secondary N) is 1. The number of aliphatic hydroxyl groups is 1. The van der Waals surface area contributed by atoms with E-state index in [1.54, 1.807) is 57.6 Å². The third kappa shape index (κ3) is 5.34. The summed E-state index contributed by atoms with van der Waals surface area (Å²) in [5.74, 6) is 0.384. The number of hydrogen-bond donors (Lipinski definition) is 2. The van der Waals surface area contributed by atoms with Crippen LogP contribution >= 0.6 is 0 Å². The Bertz CT molecular complexity index is 654. The predicted molar refractivity (Wildman–Crippen MR) is 87.0 cm³/mol. The highest BCUT2D eigenvalue weighted by molar-refractivity contribution is 5.84. The van der Waals surface area contributed by atoms with E-state index in [4.69, 9.17) is 4.74 Å². The number of pyridine rings is 2. The zero-order chi connectivity index (χ0) is 16.9. The number of ether oxygens (including phenoxy) is 1. The molecular formula is C17H21N3O3. The van der Waals surface area contributed by atoms with E-state index in [0.717, 1.165) is 11.1 Å². The van der Waals surface area contributed by atoms with Gasteiger partial charge in [-0.15, -0.1) is 0 Å². The van der Waals surface area contributed by atoms with Crippen LogP contribution in [0.2, 0.25) is 0 Å². The maximum atomic E-state index is 11.9. The van der Waals surface area contributed by atoms with Gasteiger partial charge in [-0.25, -0.2) is 9.78 Å². The summed E-state index contributed by atoms with van der Waals surface area (Å²) in [6, 6.07) is 7.07. The molecule has 2 aromatic rings. The number of carbonyl (C=O) groups excluding carboxylic acids is 1. The Hall–Kier alpha value is -2.47. The molecule has 2 heterocycles. The van der Waals surface area contributed by atoms with E-state index in [9.17, 15) is 9.90 Å². The van der Waals surface area contributed by atoms with Crippen molar-refractivity contribution >= 4 is 11.9 Å². The molecule has 0 aliphatic carbocycles. The molecule has 1 unspecified atom stereocenters. The van der Waals surface area contributed by atoms with Crippen molar-refractivity contribution in [1.82, 2.24) is 9.97 Å². The Balaban J connectivity index is 2.10. The summed E-state index contributed by atoms with van der Waals surface area (Å²) in [5.41, 5.74) is 0.894. The van der Waals surface area contributed by atoms with Gasteiger partial charge in [-0.2, -0.15) is 0 Å². The Labute approximate surface area is 135 Å². The fraction of sp³-hybridized carbons (Fsp3) is 0.353. The summed E-state index contributed by atoms with van der Waals surface area (Å²) in [6.45, 7) is 5.37. The van der Waals surface area contributed by atoms with E-state index in [1.165, 1.54) is 0 Å². The molecule has 0 saturated carbocycles. The Morgan fingerprint density at radius 3 is 2.61 bits per heavy atom. The number of hydrogen-bond acceptors (Lipinski definition) is 5. The molecule has 0 fully saturated rings. The summed E-state index contributed by atoms with van der Waals surface area (Å²) in [6.07, 6.45) is 3.87. The molecule has 2 N–H and O–H groups in total. The molecule has 6 heteroatoms. The standard InChI is InChI=1S/C17H21N3O3/c1-17(2,3)23-16(22)20-15-13(5-4-8-19-15)11-14(21)12-6-9-18-10-7-12/h4-10,14,21H,11H2,1-3H3,(H,19,20,22). The number of nitrogens with zero attached hydrogens (tertiary/aromatic N) is 2. The van der Waals surface area contributed by atoms with Gasteiger partial charge in [0.1, 0.15) is 11.4 Å². The van der Waals surface area contributed by atoms with Crippen LogP contribution in [0, 0.1) is 0 Å². The first kappa shape index (κ1) is 16.9. The van der Waals surface area contributed by atoms with Crippen molar-refractivity contribution in [2.75, 3.05) is 5.32 Å². The van der Waals surface area contributed by atoms with Gasteiger partial charge in [-0.1, -0.05) is 6.07 Å². The van der Waals surface area contributed by atoms with Gasteiger partial charge < -0.3 is 9.84 Å². The van der Waals surface area contributed by atoms with Crippen LogP contribution in [0.5, 0.6) is 0 Å². The lowest BCUT2D eigenvalue weighted by Gasteiger charge is -2.20. The Morgan fingerprint density at radius 1 is 1.26 bits per heavy atom. The van der Waals surface area contributed by atoms with Gasteiger partial charge in [-0.05, 0) is 50.1 Å². The lowest BCUT2D eigenvalue weighted by molar-refractivity contribution is 0.0635. The van der Waals surface area contributed by atoms with Gasteiger partial charge in [0.05, 0.1) is 6.10 Å². The third-order valence-electron chi connectivity index (χ3n) is 3.01. The second-order valence-electron chi connectivity index (χ2n) is 6.14. The quantitative estimate of drug-likeness (QED) is 0.905. The van der Waals surface area contributed by atoms with E-state index in [0.29, 0.717) is 12.2 Å². The van der Waals surface area contributed by atoms with Gasteiger partial charge in [-0.3, -0.25) is 10.3 Å². The summed E-state index contributed by atoms with van der Waals surface area (Å²) < 4.78 is 5.23. The smallest absolute Gasteiger partial charge is 0.413 e. The summed E-state index contributed by atoms with van der Waals surface area (Å²) >= 11 is 0. The van der Waals surface area contributed by atoms with E-state index in [-0.39, 0.29) is 0 Å². The Morgan fingerprint density at radius 2 is 1.96 bits per heavy atom. The van der Waals surface area contributed by atoms with Crippen molar-refractivity contribution in [3.63, 3.8) is 0 Å². The summed E-state index contributed by atoms with van der Waals surface area (Å²) in [5, 5.41) is 12.9. The third-order valence-corrected chi connectivity index (χ3v) is 3.01. The van der Waals surface area contributed by atoms with Crippen LogP contribution in [-0.2, 0) is 11.2 Å². The van der Waals surface area contributed by atoms with Crippen LogP contribution in [0.25, 0.3) is 0 Å². The number of aromatic nitrogens is 2. The van der Waals surface area contributed by atoms with Crippen LogP contribution in [0.3, 0.4) is 0 Å². The monoisotopic (exact) mass is 315 g/mol. The van der Waals surface area contributed by atoms with Crippen LogP contribution < -0.4 is 5.32 Å². The Kier molecular flexibility index (Phi) is 5.28. The average Bonchev–Trinajstić information content (AvgIpc) is 2.48. The summed E-state index contributed by atoms with van der Waals surface area (Å²) in [7, 11) is 0. The zero-order valence-electron chi connectivity index (χ0n) is 13.5. The first-order valence-electron chi connectivity index (χ1n) is 7.37. The first-order chi connectivity index (χ1) is 10.8. The largest absolute Gasteiger partial charge is 0.444 e. The molecule has 0 radical (unpaired) electrons. The van der Waals surface area contributed by atoms with Crippen molar-refractivity contribution in [1.29, 1.82) is 0 Å². The highest BCUT2D eigenvalue weighted by Gasteiger charge is 2.18. The van der Waals surface area contributed by atoms with Gasteiger partial charge in [0.15, 0.2) is 0 Å². The molecule has 0 saturated heterocycles. The van der Waals surface area contributed by atoms with E-state index < -0.39 is 17.8 Å². The lowest BCUT2D eigenvalue weighted by atomic mass is 10.0. The normalized spacial score (nSPS) is 12.5. The molecule has 0 aliphatic rings. The van der Waals surface area contributed by atoms with Gasteiger partial charge >= 0.3 is 6.09 Å². The molecular weight excluding hydrogens is 294 g/mol. The first-order valence-corrected chi connectivity index (χ1v) is 7.37. The van der Waals surface area contributed by atoms with Crippen molar-refractivity contribution in [3.05, 3.63) is 54.0 Å². The van der Waals surface area contributed by atoms with Crippen molar-refractivity contribution in [2.24, 2.45) is 0 Å². The van der Waals surface area contributed by atoms with E-state index in [1.807, 2.05) is 6.07 Å². The average molecular weight is 315 g/mol. The van der Waals surface area contributed by atoms with Gasteiger partial charge in [0.2, 0.25) is 0 Å². The number of carbonyl (C=O) groups is 1. The van der Waals surface area contributed by atoms with Crippen molar-refractivity contribution < 1.29 is 14.6 Å². The summed E-state index contributed by atoms with van der Waals surface area (Å²) in [4.78, 5) is 20.0. The number of aliphatic hydroxyl groups excluding tert-OH is 1. The SMILES string of the molecule is CC(C)(C)OC(=O)Nc1ncccc1CC(O)c1ccncc1. The number of rotatable bonds is 4. The maximum absolute atomic E-state index is 11.9. The molecule has 2 rings (SSSR count). The highest BCUT2D eigenvalue weighted by atomic mass is 16.6. The molecule has 23 heavy (non-hydrogen) atoms. The molecule has 0 bridgehead atoms. The molecule has 1 amide bonds. The molecule has 0 aromatic carbocycles. The molecule has 122 valence electrons. The van der Waals surface area contributed by atoms with Crippen LogP contribution in [0.15, 0.2) is 42.9 Å². The van der Waals surface area contributed by atoms with Crippen LogP contribution in [0.4, 0.5) is 10.6 Å². The maximum Gasteiger partial charge on any atom is 0.413 e. The predicted octanol–water partition coefficient (Wildman–Crippen LogP) is 3.10. The second kappa shape index (κ2) is 7.19. The minimum Gasteiger partial charge on any atom is -0.444 e. The molecule has 1 atom stereocenters. The fourth-order valence-electron chi connectivity index (χ4n) is 2.03. The minimum absolute atomic E-state index is 0.322. The highest BCUT2D eigenvalue weighted by Crippen LogP contribution is 2.22. The molecule has 0 spiro atoms. The van der Waals surface area contributed by atoms with Crippen molar-refractivity contribution in [3.8, 4) is 0 Å². The van der Waals surface area contributed by atoms with E-state index >= 15 is 0 Å². The number of amides is 1. The lowest BCUT2D eigenvalue weighted by Crippen LogP contribution is -2.28. The van der Waals surface area contributed by atoms with Crippen molar-refractivity contribution in [2.45, 2.75) is 38.9 Å². The van der Waals surface area contributed by atoms with Crippen LogP contribution in [0.1, 0.15) is 38.0 Å². The van der Waals surface area contributed by atoms with Crippen LogP contribution in [-0.4, -0.2) is 26.8 Å². The second-order valence-corrected chi connectivity index (χ2v) is 6.14. The molecule has 2 aromatic heterocycles.